The average Bonchev–Trinajstić information content (AvgIpc) is 3.24. The average molecular weight is 364 g/mol. The van der Waals surface area contributed by atoms with Gasteiger partial charge >= 0.3 is 5.97 Å². The van der Waals surface area contributed by atoms with Gasteiger partial charge in [0.05, 0.1) is 11.1 Å². The van der Waals surface area contributed by atoms with Crippen LogP contribution in [0.15, 0.2) is 42.5 Å². The lowest BCUT2D eigenvalue weighted by atomic mass is 10.1. The van der Waals surface area contributed by atoms with Crippen LogP contribution in [0.5, 0.6) is 0 Å². The Morgan fingerprint density at radius 1 is 1.22 bits per heavy atom. The number of amides is 1. The van der Waals surface area contributed by atoms with Crippen molar-refractivity contribution in [3.05, 3.63) is 53.6 Å². The maximum atomic E-state index is 12.6. The summed E-state index contributed by atoms with van der Waals surface area (Å²) < 4.78 is 7.01. The second-order valence-corrected chi connectivity index (χ2v) is 6.63. The molecule has 4 rings (SSSR count). The Labute approximate surface area is 156 Å². The van der Waals surface area contributed by atoms with E-state index in [0.717, 1.165) is 23.2 Å². The molecule has 0 aliphatic carbocycles. The van der Waals surface area contributed by atoms with Gasteiger partial charge in [0, 0.05) is 18.3 Å². The molecule has 2 aromatic carbocycles. The van der Waals surface area contributed by atoms with Crippen LogP contribution >= 0.6 is 0 Å². The number of ether oxygens (including phenoxy) is 1. The Morgan fingerprint density at radius 3 is 2.85 bits per heavy atom. The summed E-state index contributed by atoms with van der Waals surface area (Å²) in [5.41, 5.74) is 3.86. The highest BCUT2D eigenvalue weighted by Gasteiger charge is 2.31. The van der Waals surface area contributed by atoms with E-state index in [1.807, 2.05) is 38.1 Å². The van der Waals surface area contributed by atoms with Crippen molar-refractivity contribution in [1.82, 2.24) is 15.0 Å². The van der Waals surface area contributed by atoms with Crippen molar-refractivity contribution >= 4 is 28.6 Å². The number of para-hydroxylation sites is 1. The molecule has 0 spiro atoms. The highest BCUT2D eigenvalue weighted by Crippen LogP contribution is 2.31. The first-order valence-electron chi connectivity index (χ1n) is 8.99. The molecule has 1 amide bonds. The fourth-order valence-electron chi connectivity index (χ4n) is 3.56. The summed E-state index contributed by atoms with van der Waals surface area (Å²) in [4.78, 5) is 26.7. The zero-order chi connectivity index (χ0) is 19.0. The molecule has 0 saturated carbocycles. The highest BCUT2D eigenvalue weighted by atomic mass is 16.5. The summed E-state index contributed by atoms with van der Waals surface area (Å²) in [6, 6.07) is 12.9. The van der Waals surface area contributed by atoms with Gasteiger partial charge in [-0.1, -0.05) is 23.4 Å². The van der Waals surface area contributed by atoms with E-state index in [2.05, 4.69) is 10.3 Å². The second kappa shape index (κ2) is 6.83. The van der Waals surface area contributed by atoms with Crippen molar-refractivity contribution in [1.29, 1.82) is 0 Å². The predicted octanol–water partition coefficient (Wildman–Crippen LogP) is 2.59. The van der Waals surface area contributed by atoms with E-state index in [4.69, 9.17) is 4.74 Å². The molecule has 1 aromatic heterocycles. The van der Waals surface area contributed by atoms with Gasteiger partial charge in [0.15, 0.2) is 6.61 Å². The minimum atomic E-state index is -0.545. The molecule has 7 nitrogen and oxygen atoms in total. The number of benzene rings is 2. The van der Waals surface area contributed by atoms with Gasteiger partial charge < -0.3 is 9.64 Å². The maximum Gasteiger partial charge on any atom is 0.338 e. The molecule has 1 aliphatic heterocycles. The van der Waals surface area contributed by atoms with Crippen LogP contribution in [-0.2, 0) is 22.5 Å². The van der Waals surface area contributed by atoms with Crippen molar-refractivity contribution in [2.24, 2.45) is 0 Å². The molecule has 138 valence electrons. The summed E-state index contributed by atoms with van der Waals surface area (Å²) in [5, 5.41) is 8.08. The number of hydrogen-bond acceptors (Lipinski definition) is 5. The fraction of sp³-hybridized carbons (Fsp3) is 0.300. The first-order valence-corrected chi connectivity index (χ1v) is 8.99. The molecule has 1 aliphatic rings. The van der Waals surface area contributed by atoms with Gasteiger partial charge in [0.2, 0.25) is 0 Å². The van der Waals surface area contributed by atoms with Gasteiger partial charge in [-0.15, -0.1) is 5.10 Å². The van der Waals surface area contributed by atoms with Gasteiger partial charge in [-0.05, 0) is 50.1 Å². The lowest BCUT2D eigenvalue weighted by molar-refractivity contribution is -0.122. The summed E-state index contributed by atoms with van der Waals surface area (Å²) in [6.45, 7) is 4.37. The van der Waals surface area contributed by atoms with Crippen LogP contribution in [0.3, 0.4) is 0 Å². The minimum Gasteiger partial charge on any atom is -0.452 e. The lowest BCUT2D eigenvalue weighted by Crippen LogP contribution is -2.38. The van der Waals surface area contributed by atoms with Crippen LogP contribution in [0.2, 0.25) is 0 Å². The fourth-order valence-corrected chi connectivity index (χ4v) is 3.56. The molecule has 0 N–H and O–H groups in total. The van der Waals surface area contributed by atoms with Crippen molar-refractivity contribution in [2.45, 2.75) is 32.9 Å². The number of anilines is 1. The van der Waals surface area contributed by atoms with Crippen LogP contribution in [0, 0.1) is 0 Å². The summed E-state index contributed by atoms with van der Waals surface area (Å²) in [5.74, 6) is -0.768. The third-order valence-corrected chi connectivity index (χ3v) is 4.85. The topological polar surface area (TPSA) is 77.3 Å². The summed E-state index contributed by atoms with van der Waals surface area (Å²) in [7, 11) is 0. The smallest absolute Gasteiger partial charge is 0.338 e. The third-order valence-electron chi connectivity index (χ3n) is 4.85. The molecular formula is C20H20N4O3. The zero-order valence-corrected chi connectivity index (χ0v) is 15.3. The number of fused-ring (bicyclic) bond motifs is 2. The molecule has 7 heteroatoms. The normalized spacial score (nSPS) is 15.8. The number of carbonyl (C=O) groups excluding carboxylic acids is 2. The van der Waals surface area contributed by atoms with Gasteiger partial charge in [0.25, 0.3) is 5.91 Å². The molecule has 27 heavy (non-hydrogen) atoms. The largest absolute Gasteiger partial charge is 0.452 e. The van der Waals surface area contributed by atoms with Crippen LogP contribution in [0.1, 0.15) is 29.8 Å². The van der Waals surface area contributed by atoms with Crippen molar-refractivity contribution < 1.29 is 14.3 Å². The monoisotopic (exact) mass is 364 g/mol. The number of rotatable bonds is 4. The first kappa shape index (κ1) is 17.2. The molecule has 0 bridgehead atoms. The van der Waals surface area contributed by atoms with E-state index < -0.39 is 5.97 Å². The Bertz CT molecular complexity index is 1030. The first-order chi connectivity index (χ1) is 13.1. The Hall–Kier alpha value is -3.22. The second-order valence-electron chi connectivity index (χ2n) is 6.63. The van der Waals surface area contributed by atoms with Gasteiger partial charge in [-0.3, -0.25) is 4.79 Å². The number of aryl methyl sites for hydroxylation is 1. The number of nitrogens with zero attached hydrogens (tertiary/aromatic N) is 4. The maximum absolute atomic E-state index is 12.6. The molecular weight excluding hydrogens is 344 g/mol. The molecule has 2 heterocycles. The van der Waals surface area contributed by atoms with E-state index in [1.54, 1.807) is 27.8 Å². The number of carbonyl (C=O) groups is 2. The lowest BCUT2D eigenvalue weighted by Gasteiger charge is -2.22. The van der Waals surface area contributed by atoms with Crippen LogP contribution in [0.4, 0.5) is 5.69 Å². The molecule has 0 radical (unpaired) electrons. The van der Waals surface area contributed by atoms with Crippen LogP contribution in [0.25, 0.3) is 11.0 Å². The van der Waals surface area contributed by atoms with E-state index in [9.17, 15) is 9.59 Å². The van der Waals surface area contributed by atoms with E-state index in [1.165, 1.54) is 0 Å². The van der Waals surface area contributed by atoms with E-state index in [-0.39, 0.29) is 18.6 Å². The Morgan fingerprint density at radius 2 is 2.04 bits per heavy atom. The predicted molar refractivity (Wildman–Crippen MR) is 101 cm³/mol. The number of aromatic nitrogens is 3. The molecule has 3 aromatic rings. The van der Waals surface area contributed by atoms with Crippen molar-refractivity contribution in [2.75, 3.05) is 11.5 Å². The van der Waals surface area contributed by atoms with E-state index in [0.29, 0.717) is 17.6 Å². The zero-order valence-electron chi connectivity index (χ0n) is 15.3. The molecule has 1 atom stereocenters. The molecule has 0 saturated heterocycles. The van der Waals surface area contributed by atoms with Gasteiger partial charge in [-0.25, -0.2) is 9.48 Å². The van der Waals surface area contributed by atoms with Gasteiger partial charge in [0.1, 0.15) is 5.52 Å². The van der Waals surface area contributed by atoms with Crippen molar-refractivity contribution in [3.8, 4) is 0 Å². The summed E-state index contributed by atoms with van der Waals surface area (Å²) >= 11 is 0. The van der Waals surface area contributed by atoms with Gasteiger partial charge in [-0.2, -0.15) is 0 Å². The van der Waals surface area contributed by atoms with E-state index >= 15 is 0 Å². The van der Waals surface area contributed by atoms with Crippen LogP contribution < -0.4 is 4.90 Å². The highest BCUT2D eigenvalue weighted by molar-refractivity contribution is 5.99. The SMILES string of the molecule is CCn1nnc2cc(C(=O)OCC(=O)N3c4ccccc4C[C@H]3C)ccc21. The Kier molecular flexibility index (Phi) is 4.35. The third kappa shape index (κ3) is 3.05. The molecule has 0 unspecified atom stereocenters. The summed E-state index contributed by atoms with van der Waals surface area (Å²) in [6.07, 6.45) is 0.805. The number of esters is 1. The molecule has 0 fully saturated rings. The minimum absolute atomic E-state index is 0.0500. The Balaban J connectivity index is 1.45. The quantitative estimate of drug-likeness (QED) is 0.665. The van der Waals surface area contributed by atoms with Crippen LogP contribution in [-0.4, -0.2) is 39.5 Å². The van der Waals surface area contributed by atoms with Crippen molar-refractivity contribution in [3.63, 3.8) is 0 Å². The standard InChI is InChI=1S/C20H20N4O3/c1-3-23-18-9-8-15(11-16(18)21-22-23)20(26)27-12-19(25)24-13(2)10-14-6-4-5-7-17(14)24/h4-9,11,13H,3,10,12H2,1-2H3/t13-/m1/s1. The number of hydrogen-bond donors (Lipinski definition) is 0.